The van der Waals surface area contributed by atoms with Crippen LogP contribution in [0.3, 0.4) is 0 Å². The summed E-state index contributed by atoms with van der Waals surface area (Å²) in [6.07, 6.45) is 0. The first-order chi connectivity index (χ1) is 14.4. The molecule has 0 unspecified atom stereocenters. The summed E-state index contributed by atoms with van der Waals surface area (Å²) in [5.74, 6) is -0.00814. The first kappa shape index (κ1) is 22.9. The lowest BCUT2D eigenvalue weighted by molar-refractivity contribution is -0.115. The van der Waals surface area contributed by atoms with Gasteiger partial charge in [-0.05, 0) is 49.4 Å². The fourth-order valence-electron chi connectivity index (χ4n) is 2.43. The molecule has 0 saturated carbocycles. The molecule has 0 heterocycles. The number of carbonyl (C=O) groups is 1. The van der Waals surface area contributed by atoms with Crippen LogP contribution in [0.4, 0.5) is 18.9 Å². The largest absolute Gasteiger partial charge is 0.497 e. The van der Waals surface area contributed by atoms with Gasteiger partial charge < -0.3 is 25.4 Å². The Kier molecular flexibility index (Phi) is 8.79. The van der Waals surface area contributed by atoms with E-state index in [4.69, 9.17) is 4.74 Å². The number of amides is 1. The third-order valence-electron chi connectivity index (χ3n) is 3.78. The Labute approximate surface area is 172 Å². The van der Waals surface area contributed by atoms with Crippen LogP contribution in [0.15, 0.2) is 47.5 Å². The number of methoxy groups -OCH3 is 1. The van der Waals surface area contributed by atoms with Gasteiger partial charge in [0.05, 0.1) is 20.2 Å². The number of alkyl halides is 2. The fraction of sp³-hybridized carbons (Fsp3) is 0.300. The number of aliphatic imine (C=N–C) groups is 1. The maximum Gasteiger partial charge on any atom is 0.387 e. The molecule has 0 aliphatic rings. The van der Waals surface area contributed by atoms with Crippen molar-refractivity contribution in [2.24, 2.45) is 4.99 Å². The van der Waals surface area contributed by atoms with Crippen LogP contribution in [0.5, 0.6) is 11.5 Å². The zero-order valence-corrected chi connectivity index (χ0v) is 16.5. The molecule has 0 atom stereocenters. The number of anilines is 1. The lowest BCUT2D eigenvalue weighted by atomic mass is 10.2. The Morgan fingerprint density at radius 2 is 1.87 bits per heavy atom. The van der Waals surface area contributed by atoms with Gasteiger partial charge in [-0.3, -0.25) is 4.79 Å². The summed E-state index contributed by atoms with van der Waals surface area (Å²) < 4.78 is 47.8. The number of hydrogen-bond donors (Lipinski definition) is 3. The van der Waals surface area contributed by atoms with Crippen molar-refractivity contribution >= 4 is 17.6 Å². The molecular formula is C20H23F3N4O3. The SMILES string of the molecule is CCNC(=NCc1cc(OC)ccc1OC(F)F)NCC(=O)Nc1ccc(F)cc1. The van der Waals surface area contributed by atoms with Crippen LogP contribution in [0.25, 0.3) is 0 Å². The molecule has 30 heavy (non-hydrogen) atoms. The molecule has 0 aromatic heterocycles. The van der Waals surface area contributed by atoms with E-state index >= 15 is 0 Å². The first-order valence-corrected chi connectivity index (χ1v) is 9.10. The molecule has 1 amide bonds. The van der Waals surface area contributed by atoms with E-state index < -0.39 is 12.4 Å². The van der Waals surface area contributed by atoms with Gasteiger partial charge in [0.1, 0.15) is 17.3 Å². The summed E-state index contributed by atoms with van der Waals surface area (Å²) in [5, 5.41) is 8.42. The van der Waals surface area contributed by atoms with Gasteiger partial charge in [0.2, 0.25) is 5.91 Å². The number of halogens is 3. The van der Waals surface area contributed by atoms with E-state index in [9.17, 15) is 18.0 Å². The number of hydrogen-bond acceptors (Lipinski definition) is 4. The second-order valence-corrected chi connectivity index (χ2v) is 5.96. The number of guanidine groups is 1. The Hall–Kier alpha value is -3.43. The van der Waals surface area contributed by atoms with Crippen LogP contribution < -0.4 is 25.4 Å². The van der Waals surface area contributed by atoms with Gasteiger partial charge in [0.15, 0.2) is 5.96 Å². The Morgan fingerprint density at radius 3 is 2.50 bits per heavy atom. The average Bonchev–Trinajstić information content (AvgIpc) is 2.72. The third kappa shape index (κ3) is 7.53. The molecular weight excluding hydrogens is 401 g/mol. The van der Waals surface area contributed by atoms with Crippen molar-refractivity contribution in [1.82, 2.24) is 10.6 Å². The number of carbonyl (C=O) groups excluding carboxylic acids is 1. The van der Waals surface area contributed by atoms with Gasteiger partial charge in [-0.25, -0.2) is 9.38 Å². The molecule has 7 nitrogen and oxygen atoms in total. The van der Waals surface area contributed by atoms with Gasteiger partial charge in [-0.1, -0.05) is 0 Å². The number of nitrogens with one attached hydrogen (secondary N) is 3. The Balaban J connectivity index is 2.03. The highest BCUT2D eigenvalue weighted by atomic mass is 19.3. The molecule has 2 aromatic carbocycles. The second-order valence-electron chi connectivity index (χ2n) is 5.96. The molecule has 10 heteroatoms. The zero-order chi connectivity index (χ0) is 21.9. The summed E-state index contributed by atoms with van der Waals surface area (Å²) in [7, 11) is 1.46. The Bertz CT molecular complexity index is 861. The second kappa shape index (κ2) is 11.5. The molecule has 2 aromatic rings. The van der Waals surface area contributed by atoms with Crippen LogP contribution in [0, 0.1) is 5.82 Å². The minimum atomic E-state index is -2.97. The van der Waals surface area contributed by atoms with Gasteiger partial charge in [-0.15, -0.1) is 0 Å². The Morgan fingerprint density at radius 1 is 1.13 bits per heavy atom. The molecule has 162 valence electrons. The number of ether oxygens (including phenoxy) is 2. The molecule has 0 fully saturated rings. The lowest BCUT2D eigenvalue weighted by Gasteiger charge is -2.13. The molecule has 0 aliphatic carbocycles. The minimum absolute atomic E-state index is 0.00810. The third-order valence-corrected chi connectivity index (χ3v) is 3.78. The lowest BCUT2D eigenvalue weighted by Crippen LogP contribution is -2.41. The van der Waals surface area contributed by atoms with Gasteiger partial charge in [0.25, 0.3) is 0 Å². The molecule has 0 bridgehead atoms. The standard InChI is InChI=1S/C20H23F3N4O3/c1-3-24-20(26-12-18(28)27-15-6-4-14(21)5-7-15)25-11-13-10-16(29-2)8-9-17(13)30-19(22)23/h4-10,19H,3,11-12H2,1-2H3,(H,27,28)(H2,24,25,26). The average molecular weight is 424 g/mol. The van der Waals surface area contributed by atoms with Gasteiger partial charge >= 0.3 is 6.61 Å². The predicted molar refractivity (Wildman–Crippen MR) is 107 cm³/mol. The van der Waals surface area contributed by atoms with E-state index in [0.717, 1.165) is 0 Å². The summed E-state index contributed by atoms with van der Waals surface area (Å²) in [5.41, 5.74) is 0.845. The van der Waals surface area contributed by atoms with E-state index in [0.29, 0.717) is 29.5 Å². The molecule has 3 N–H and O–H groups in total. The predicted octanol–water partition coefficient (Wildman–Crippen LogP) is 3.13. The number of nitrogens with zero attached hydrogens (tertiary/aromatic N) is 1. The monoisotopic (exact) mass is 424 g/mol. The van der Waals surface area contributed by atoms with Crippen molar-refractivity contribution in [3.63, 3.8) is 0 Å². The minimum Gasteiger partial charge on any atom is -0.497 e. The van der Waals surface area contributed by atoms with E-state index in [1.807, 2.05) is 6.92 Å². The van der Waals surface area contributed by atoms with E-state index in [1.165, 1.54) is 43.5 Å². The van der Waals surface area contributed by atoms with Crippen molar-refractivity contribution in [3.05, 3.63) is 53.8 Å². The first-order valence-electron chi connectivity index (χ1n) is 9.10. The van der Waals surface area contributed by atoms with Crippen LogP contribution in [-0.4, -0.2) is 38.7 Å². The van der Waals surface area contributed by atoms with Crippen molar-refractivity contribution in [2.45, 2.75) is 20.1 Å². The topological polar surface area (TPSA) is 84.0 Å². The highest BCUT2D eigenvalue weighted by Crippen LogP contribution is 2.26. The van der Waals surface area contributed by atoms with Gasteiger partial charge in [-0.2, -0.15) is 8.78 Å². The van der Waals surface area contributed by atoms with Crippen molar-refractivity contribution in [2.75, 3.05) is 25.5 Å². The van der Waals surface area contributed by atoms with Crippen LogP contribution in [0.1, 0.15) is 12.5 Å². The van der Waals surface area contributed by atoms with E-state index in [2.05, 4.69) is 25.7 Å². The summed E-state index contributed by atoms with van der Waals surface area (Å²) in [4.78, 5) is 16.4. The molecule has 0 saturated heterocycles. The van der Waals surface area contributed by atoms with Crippen molar-refractivity contribution in [1.29, 1.82) is 0 Å². The van der Waals surface area contributed by atoms with Crippen LogP contribution in [0.2, 0.25) is 0 Å². The highest BCUT2D eigenvalue weighted by Gasteiger charge is 2.11. The summed E-state index contributed by atoms with van der Waals surface area (Å²) in [6, 6.07) is 9.80. The number of benzene rings is 2. The maximum atomic E-state index is 12.9. The highest BCUT2D eigenvalue weighted by molar-refractivity contribution is 5.94. The van der Waals surface area contributed by atoms with Crippen LogP contribution in [-0.2, 0) is 11.3 Å². The van der Waals surface area contributed by atoms with Crippen molar-refractivity contribution < 1.29 is 27.4 Å². The van der Waals surface area contributed by atoms with Crippen LogP contribution >= 0.6 is 0 Å². The quantitative estimate of drug-likeness (QED) is 0.426. The summed E-state index contributed by atoms with van der Waals surface area (Å²) in [6.45, 7) is -0.713. The normalized spacial score (nSPS) is 11.2. The zero-order valence-electron chi connectivity index (χ0n) is 16.5. The molecule has 2 rings (SSSR count). The fourth-order valence-corrected chi connectivity index (χ4v) is 2.43. The van der Waals surface area contributed by atoms with Gasteiger partial charge in [0, 0.05) is 17.8 Å². The van der Waals surface area contributed by atoms with Crippen molar-refractivity contribution in [3.8, 4) is 11.5 Å². The van der Waals surface area contributed by atoms with E-state index in [-0.39, 0.29) is 24.7 Å². The van der Waals surface area contributed by atoms with E-state index in [1.54, 1.807) is 6.07 Å². The maximum absolute atomic E-state index is 12.9. The molecule has 0 aliphatic heterocycles. The summed E-state index contributed by atoms with van der Waals surface area (Å²) >= 11 is 0. The molecule has 0 radical (unpaired) electrons. The smallest absolute Gasteiger partial charge is 0.387 e. The molecule has 0 spiro atoms. The number of rotatable bonds is 9.